The summed E-state index contributed by atoms with van der Waals surface area (Å²) in [7, 11) is 0. The molecule has 2 N–H and O–H groups in total. The van der Waals surface area contributed by atoms with Gasteiger partial charge < -0.3 is 15.4 Å². The maximum Gasteiger partial charge on any atom is 0.261 e. The van der Waals surface area contributed by atoms with Gasteiger partial charge >= 0.3 is 0 Å². The van der Waals surface area contributed by atoms with Gasteiger partial charge in [0.1, 0.15) is 18.4 Å². The van der Waals surface area contributed by atoms with E-state index < -0.39 is 6.04 Å². The van der Waals surface area contributed by atoms with Crippen molar-refractivity contribution in [1.29, 1.82) is 0 Å². The van der Waals surface area contributed by atoms with Crippen molar-refractivity contribution in [2.45, 2.75) is 33.0 Å². The van der Waals surface area contributed by atoms with Crippen LogP contribution < -0.4 is 15.4 Å². The molecule has 0 saturated heterocycles. The monoisotopic (exact) mass is 408 g/mol. The van der Waals surface area contributed by atoms with Crippen molar-refractivity contribution in [3.05, 3.63) is 87.6 Å². The molecule has 0 aliphatic rings. The SMILES string of the molecule is Cc1cccc(COc2ccc(CNC(=O)[C@@H](C)NC(=O)c3cccs3)cc2)c1. The van der Waals surface area contributed by atoms with Crippen LogP contribution in [0, 0.1) is 6.92 Å². The lowest BCUT2D eigenvalue weighted by Crippen LogP contribution is -2.44. The molecule has 0 fully saturated rings. The number of hydrogen-bond donors (Lipinski definition) is 2. The van der Waals surface area contributed by atoms with Crippen molar-refractivity contribution < 1.29 is 14.3 Å². The van der Waals surface area contributed by atoms with E-state index in [0.29, 0.717) is 18.0 Å². The molecule has 0 radical (unpaired) electrons. The van der Waals surface area contributed by atoms with E-state index in [2.05, 4.69) is 29.7 Å². The van der Waals surface area contributed by atoms with Gasteiger partial charge in [0.25, 0.3) is 5.91 Å². The first-order valence-electron chi connectivity index (χ1n) is 9.40. The maximum absolute atomic E-state index is 12.2. The van der Waals surface area contributed by atoms with Crippen LogP contribution in [0.3, 0.4) is 0 Å². The largest absolute Gasteiger partial charge is 0.489 e. The minimum atomic E-state index is -0.610. The molecule has 2 amide bonds. The van der Waals surface area contributed by atoms with Crippen molar-refractivity contribution in [2.75, 3.05) is 0 Å². The average molecular weight is 409 g/mol. The van der Waals surface area contributed by atoms with Gasteiger partial charge in [-0.1, -0.05) is 48.0 Å². The number of thiophene rings is 1. The summed E-state index contributed by atoms with van der Waals surface area (Å²) in [5.41, 5.74) is 3.29. The fourth-order valence-corrected chi connectivity index (χ4v) is 3.38. The normalized spacial score (nSPS) is 11.5. The summed E-state index contributed by atoms with van der Waals surface area (Å²) in [6.07, 6.45) is 0. The van der Waals surface area contributed by atoms with E-state index in [1.165, 1.54) is 16.9 Å². The third-order valence-corrected chi connectivity index (χ3v) is 5.23. The molecule has 1 heterocycles. The number of nitrogens with one attached hydrogen (secondary N) is 2. The fraction of sp³-hybridized carbons (Fsp3) is 0.217. The molecule has 3 aromatic rings. The van der Waals surface area contributed by atoms with Crippen LogP contribution in [-0.4, -0.2) is 17.9 Å². The van der Waals surface area contributed by atoms with Crippen LogP contribution in [0.25, 0.3) is 0 Å². The molecule has 29 heavy (non-hydrogen) atoms. The summed E-state index contributed by atoms with van der Waals surface area (Å²) in [4.78, 5) is 24.8. The minimum absolute atomic E-state index is 0.227. The van der Waals surface area contributed by atoms with Gasteiger partial charge in [0.05, 0.1) is 4.88 Å². The van der Waals surface area contributed by atoms with Crippen molar-refractivity contribution in [3.63, 3.8) is 0 Å². The Morgan fingerprint density at radius 2 is 1.83 bits per heavy atom. The number of hydrogen-bond acceptors (Lipinski definition) is 4. The first-order valence-corrected chi connectivity index (χ1v) is 10.3. The van der Waals surface area contributed by atoms with E-state index in [9.17, 15) is 9.59 Å². The summed E-state index contributed by atoms with van der Waals surface area (Å²) in [6, 6.07) is 18.7. The molecule has 0 unspecified atom stereocenters. The maximum atomic E-state index is 12.2. The van der Waals surface area contributed by atoms with Crippen LogP contribution in [0.2, 0.25) is 0 Å². The summed E-state index contributed by atoms with van der Waals surface area (Å²) in [5.74, 6) is 0.311. The zero-order chi connectivity index (χ0) is 20.6. The van der Waals surface area contributed by atoms with Gasteiger partial charge in [0.2, 0.25) is 5.91 Å². The third-order valence-electron chi connectivity index (χ3n) is 4.36. The van der Waals surface area contributed by atoms with Crippen LogP contribution in [0.1, 0.15) is 33.3 Å². The Balaban J connectivity index is 1.44. The smallest absolute Gasteiger partial charge is 0.261 e. The van der Waals surface area contributed by atoms with Crippen molar-refractivity contribution in [3.8, 4) is 5.75 Å². The summed E-state index contributed by atoms with van der Waals surface area (Å²) >= 11 is 1.34. The highest BCUT2D eigenvalue weighted by Crippen LogP contribution is 2.15. The van der Waals surface area contributed by atoms with Gasteiger partial charge in [-0.3, -0.25) is 9.59 Å². The summed E-state index contributed by atoms with van der Waals surface area (Å²) < 4.78 is 5.81. The van der Waals surface area contributed by atoms with Gasteiger partial charge in [0, 0.05) is 6.54 Å². The predicted octanol–water partition coefficient (Wildman–Crippen LogP) is 4.07. The Kier molecular flexibility index (Phi) is 7.03. The Morgan fingerprint density at radius 1 is 1.03 bits per heavy atom. The fourth-order valence-electron chi connectivity index (χ4n) is 2.76. The molecule has 1 atom stereocenters. The predicted molar refractivity (Wildman–Crippen MR) is 115 cm³/mol. The molecule has 1 aromatic heterocycles. The number of carbonyl (C=O) groups excluding carboxylic acids is 2. The van der Waals surface area contributed by atoms with Crippen LogP contribution >= 0.6 is 11.3 Å². The van der Waals surface area contributed by atoms with Crippen molar-refractivity contribution in [1.82, 2.24) is 10.6 Å². The summed E-state index contributed by atoms with van der Waals surface area (Å²) in [5, 5.41) is 7.37. The van der Waals surface area contributed by atoms with Crippen molar-refractivity contribution >= 4 is 23.2 Å². The highest BCUT2D eigenvalue weighted by Gasteiger charge is 2.16. The van der Waals surface area contributed by atoms with Gasteiger partial charge in [0.15, 0.2) is 0 Å². The number of aryl methyl sites for hydroxylation is 1. The van der Waals surface area contributed by atoms with Crippen LogP contribution in [0.15, 0.2) is 66.0 Å². The average Bonchev–Trinajstić information content (AvgIpc) is 3.26. The number of benzene rings is 2. The van der Waals surface area contributed by atoms with E-state index >= 15 is 0 Å². The van der Waals surface area contributed by atoms with Gasteiger partial charge in [-0.25, -0.2) is 0 Å². The Bertz CT molecular complexity index is 953. The van der Waals surface area contributed by atoms with E-state index in [4.69, 9.17) is 4.74 Å². The molecule has 0 saturated carbocycles. The molecule has 0 bridgehead atoms. The quantitative estimate of drug-likeness (QED) is 0.590. The molecule has 5 nitrogen and oxygen atoms in total. The second kappa shape index (κ2) is 9.89. The number of carbonyl (C=O) groups is 2. The number of amides is 2. The lowest BCUT2D eigenvalue weighted by Gasteiger charge is -2.14. The molecule has 3 rings (SSSR count). The zero-order valence-electron chi connectivity index (χ0n) is 16.5. The second-order valence-corrected chi connectivity index (χ2v) is 7.76. The van der Waals surface area contributed by atoms with E-state index in [0.717, 1.165) is 16.9 Å². The second-order valence-electron chi connectivity index (χ2n) is 6.81. The highest BCUT2D eigenvalue weighted by atomic mass is 32.1. The molecule has 150 valence electrons. The standard InChI is InChI=1S/C23H24N2O3S/c1-16-5-3-6-19(13-16)15-28-20-10-8-18(9-11-20)14-24-22(26)17(2)25-23(27)21-7-4-12-29-21/h3-13,17H,14-15H2,1-2H3,(H,24,26)(H,25,27)/t17-/m1/s1. The first kappa shape index (κ1) is 20.6. The van der Waals surface area contributed by atoms with Gasteiger partial charge in [-0.05, 0) is 48.6 Å². The molecular formula is C23H24N2O3S. The first-order chi connectivity index (χ1) is 14.0. The Morgan fingerprint density at radius 3 is 2.52 bits per heavy atom. The molecule has 0 aliphatic heterocycles. The van der Waals surface area contributed by atoms with Crippen molar-refractivity contribution in [2.24, 2.45) is 0 Å². The Labute approximate surface area is 174 Å². The van der Waals surface area contributed by atoms with Crippen LogP contribution in [0.4, 0.5) is 0 Å². The van der Waals surface area contributed by atoms with Gasteiger partial charge in [-0.2, -0.15) is 0 Å². The van der Waals surface area contributed by atoms with Crippen LogP contribution in [0.5, 0.6) is 5.75 Å². The van der Waals surface area contributed by atoms with E-state index in [-0.39, 0.29) is 11.8 Å². The number of ether oxygens (including phenoxy) is 1. The minimum Gasteiger partial charge on any atom is -0.489 e. The zero-order valence-corrected chi connectivity index (χ0v) is 17.3. The third kappa shape index (κ3) is 6.19. The van der Waals surface area contributed by atoms with Crippen LogP contribution in [-0.2, 0) is 17.9 Å². The number of rotatable bonds is 8. The lowest BCUT2D eigenvalue weighted by atomic mass is 10.1. The molecule has 6 heteroatoms. The van der Waals surface area contributed by atoms with Gasteiger partial charge in [-0.15, -0.1) is 11.3 Å². The summed E-state index contributed by atoms with van der Waals surface area (Å²) in [6.45, 7) is 4.62. The highest BCUT2D eigenvalue weighted by molar-refractivity contribution is 7.12. The topological polar surface area (TPSA) is 67.4 Å². The van der Waals surface area contributed by atoms with E-state index in [1.807, 2.05) is 41.8 Å². The molecule has 0 spiro atoms. The lowest BCUT2D eigenvalue weighted by molar-refractivity contribution is -0.122. The molecule has 0 aliphatic carbocycles. The molecular weight excluding hydrogens is 384 g/mol. The molecule has 2 aromatic carbocycles. The van der Waals surface area contributed by atoms with E-state index in [1.54, 1.807) is 19.1 Å². The Hall–Kier alpha value is -3.12.